The topological polar surface area (TPSA) is 72.9 Å². The lowest BCUT2D eigenvalue weighted by atomic mass is 10.3. The third kappa shape index (κ3) is 3.25. The molecule has 0 aliphatic heterocycles. The Labute approximate surface area is 76.9 Å². The van der Waals surface area contributed by atoms with Crippen molar-refractivity contribution < 1.29 is 4.79 Å². The second kappa shape index (κ2) is 4.61. The lowest BCUT2D eigenvalue weighted by Crippen LogP contribution is -2.39. The van der Waals surface area contributed by atoms with Crippen LogP contribution in [-0.4, -0.2) is 28.0 Å². The molecule has 72 valence electrons. The molecule has 0 aromatic carbocycles. The van der Waals surface area contributed by atoms with Crippen LogP contribution in [0.15, 0.2) is 18.7 Å². The van der Waals surface area contributed by atoms with Crippen molar-refractivity contribution in [2.45, 2.75) is 19.5 Å². The van der Waals surface area contributed by atoms with Gasteiger partial charge in [-0.25, -0.2) is 4.98 Å². The maximum atomic E-state index is 11.0. The fourth-order valence-electron chi connectivity index (χ4n) is 0.888. The van der Waals surface area contributed by atoms with Crippen LogP contribution in [0.5, 0.6) is 0 Å². The van der Waals surface area contributed by atoms with Gasteiger partial charge in [-0.15, -0.1) is 0 Å². The molecule has 1 aromatic rings. The molecule has 1 rings (SSSR count). The molecule has 3 N–H and O–H groups in total. The maximum absolute atomic E-state index is 11.0. The van der Waals surface area contributed by atoms with Crippen molar-refractivity contribution in [2.24, 2.45) is 5.73 Å². The van der Waals surface area contributed by atoms with E-state index >= 15 is 0 Å². The Morgan fingerprint density at radius 1 is 1.77 bits per heavy atom. The molecular formula is C8H14N4O. The molecule has 0 saturated carbocycles. The number of amides is 1. The summed E-state index contributed by atoms with van der Waals surface area (Å²) in [5.74, 6) is -0.125. The quantitative estimate of drug-likeness (QED) is 0.649. The lowest BCUT2D eigenvalue weighted by molar-refractivity contribution is -0.121. The fraction of sp³-hybridized carbons (Fsp3) is 0.500. The standard InChI is InChI=1S/C8H14N4O/c1-7(9)8(13)11-3-5-12-4-2-10-6-12/h2,4,6-7H,3,5,9H2,1H3,(H,11,13). The maximum Gasteiger partial charge on any atom is 0.236 e. The van der Waals surface area contributed by atoms with Crippen LogP contribution in [0, 0.1) is 0 Å². The first-order valence-electron chi connectivity index (χ1n) is 4.19. The average Bonchev–Trinajstić information content (AvgIpc) is 2.56. The van der Waals surface area contributed by atoms with Gasteiger partial charge in [-0.1, -0.05) is 0 Å². The van der Waals surface area contributed by atoms with Crippen LogP contribution in [0.25, 0.3) is 0 Å². The van der Waals surface area contributed by atoms with Crippen molar-refractivity contribution in [1.82, 2.24) is 14.9 Å². The Bertz CT molecular complexity index is 255. The molecule has 1 atom stereocenters. The van der Waals surface area contributed by atoms with E-state index in [1.165, 1.54) is 0 Å². The van der Waals surface area contributed by atoms with Gasteiger partial charge < -0.3 is 15.6 Å². The largest absolute Gasteiger partial charge is 0.353 e. The molecule has 1 heterocycles. The van der Waals surface area contributed by atoms with Crippen molar-refractivity contribution in [2.75, 3.05) is 6.54 Å². The van der Waals surface area contributed by atoms with Gasteiger partial charge in [-0.3, -0.25) is 4.79 Å². The van der Waals surface area contributed by atoms with Crippen molar-refractivity contribution in [3.05, 3.63) is 18.7 Å². The van der Waals surface area contributed by atoms with Crippen LogP contribution in [-0.2, 0) is 11.3 Å². The summed E-state index contributed by atoms with van der Waals surface area (Å²) in [6, 6.07) is -0.442. The number of carbonyl (C=O) groups excluding carboxylic acids is 1. The number of nitrogens with two attached hydrogens (primary N) is 1. The summed E-state index contributed by atoms with van der Waals surface area (Å²) >= 11 is 0. The molecule has 5 nitrogen and oxygen atoms in total. The minimum Gasteiger partial charge on any atom is -0.353 e. The third-order valence-electron chi connectivity index (χ3n) is 1.64. The Morgan fingerprint density at radius 3 is 3.08 bits per heavy atom. The summed E-state index contributed by atoms with van der Waals surface area (Å²) in [4.78, 5) is 14.9. The Morgan fingerprint density at radius 2 is 2.54 bits per heavy atom. The molecular weight excluding hydrogens is 168 g/mol. The van der Waals surface area contributed by atoms with Gasteiger partial charge in [0, 0.05) is 25.5 Å². The first-order valence-corrected chi connectivity index (χ1v) is 4.19. The molecule has 0 fully saturated rings. The molecule has 0 radical (unpaired) electrons. The zero-order valence-corrected chi connectivity index (χ0v) is 7.60. The van der Waals surface area contributed by atoms with E-state index in [2.05, 4.69) is 10.3 Å². The van der Waals surface area contributed by atoms with E-state index < -0.39 is 6.04 Å². The monoisotopic (exact) mass is 182 g/mol. The lowest BCUT2D eigenvalue weighted by Gasteiger charge is -2.07. The van der Waals surface area contributed by atoms with Gasteiger partial charge in [0.05, 0.1) is 12.4 Å². The highest BCUT2D eigenvalue weighted by Gasteiger charge is 2.04. The molecule has 1 unspecified atom stereocenters. The van der Waals surface area contributed by atoms with Gasteiger partial charge in [0.1, 0.15) is 0 Å². The number of nitrogens with zero attached hydrogens (tertiary/aromatic N) is 2. The predicted molar refractivity (Wildman–Crippen MR) is 48.9 cm³/mol. The highest BCUT2D eigenvalue weighted by Crippen LogP contribution is 1.84. The first-order chi connectivity index (χ1) is 6.20. The number of aromatic nitrogens is 2. The summed E-state index contributed by atoms with van der Waals surface area (Å²) < 4.78 is 1.89. The van der Waals surface area contributed by atoms with Gasteiger partial charge in [0.25, 0.3) is 0 Å². The smallest absolute Gasteiger partial charge is 0.236 e. The van der Waals surface area contributed by atoms with Crippen LogP contribution < -0.4 is 11.1 Å². The van der Waals surface area contributed by atoms with Crippen LogP contribution in [0.3, 0.4) is 0 Å². The SMILES string of the molecule is CC(N)C(=O)NCCn1ccnc1. The van der Waals surface area contributed by atoms with Crippen LogP contribution in [0.2, 0.25) is 0 Å². The third-order valence-corrected chi connectivity index (χ3v) is 1.64. The van der Waals surface area contributed by atoms with Crippen molar-refractivity contribution in [3.8, 4) is 0 Å². The molecule has 5 heteroatoms. The Kier molecular flexibility index (Phi) is 3.45. The van der Waals surface area contributed by atoms with Crippen LogP contribution >= 0.6 is 0 Å². The van der Waals surface area contributed by atoms with Crippen LogP contribution in [0.4, 0.5) is 0 Å². The first kappa shape index (κ1) is 9.73. The molecule has 0 spiro atoms. The minimum atomic E-state index is -0.442. The van der Waals surface area contributed by atoms with E-state index in [0.717, 1.165) is 6.54 Å². The molecule has 0 bridgehead atoms. The molecule has 0 aliphatic rings. The van der Waals surface area contributed by atoms with Gasteiger partial charge in [0.15, 0.2) is 0 Å². The number of rotatable bonds is 4. The Hall–Kier alpha value is -1.36. The summed E-state index contributed by atoms with van der Waals surface area (Å²) in [5.41, 5.74) is 5.36. The highest BCUT2D eigenvalue weighted by molar-refractivity contribution is 5.80. The second-order valence-corrected chi connectivity index (χ2v) is 2.88. The number of hydrogen-bond donors (Lipinski definition) is 2. The van der Waals surface area contributed by atoms with E-state index in [1.54, 1.807) is 19.4 Å². The fourth-order valence-corrected chi connectivity index (χ4v) is 0.888. The van der Waals surface area contributed by atoms with Crippen molar-refractivity contribution in [1.29, 1.82) is 0 Å². The predicted octanol–water partition coefficient (Wildman–Crippen LogP) is -0.653. The normalized spacial score (nSPS) is 12.5. The number of hydrogen-bond acceptors (Lipinski definition) is 3. The number of imidazole rings is 1. The van der Waals surface area contributed by atoms with E-state index in [4.69, 9.17) is 5.73 Å². The molecule has 1 amide bonds. The van der Waals surface area contributed by atoms with Gasteiger partial charge in [-0.2, -0.15) is 0 Å². The number of nitrogens with one attached hydrogen (secondary N) is 1. The van der Waals surface area contributed by atoms with E-state index in [-0.39, 0.29) is 5.91 Å². The zero-order chi connectivity index (χ0) is 9.68. The highest BCUT2D eigenvalue weighted by atomic mass is 16.2. The van der Waals surface area contributed by atoms with E-state index in [0.29, 0.717) is 6.54 Å². The average molecular weight is 182 g/mol. The van der Waals surface area contributed by atoms with E-state index in [1.807, 2.05) is 10.8 Å². The van der Waals surface area contributed by atoms with Crippen molar-refractivity contribution in [3.63, 3.8) is 0 Å². The minimum absolute atomic E-state index is 0.125. The number of carbonyl (C=O) groups is 1. The summed E-state index contributed by atoms with van der Waals surface area (Å²) in [7, 11) is 0. The van der Waals surface area contributed by atoms with Gasteiger partial charge in [-0.05, 0) is 6.92 Å². The molecule has 13 heavy (non-hydrogen) atoms. The van der Waals surface area contributed by atoms with Crippen LogP contribution in [0.1, 0.15) is 6.92 Å². The Balaban J connectivity index is 2.18. The summed E-state index contributed by atoms with van der Waals surface area (Å²) in [6.45, 7) is 2.96. The summed E-state index contributed by atoms with van der Waals surface area (Å²) in [6.07, 6.45) is 5.25. The second-order valence-electron chi connectivity index (χ2n) is 2.88. The van der Waals surface area contributed by atoms with E-state index in [9.17, 15) is 4.79 Å². The zero-order valence-electron chi connectivity index (χ0n) is 7.60. The molecule has 0 aliphatic carbocycles. The van der Waals surface area contributed by atoms with Crippen molar-refractivity contribution >= 4 is 5.91 Å². The summed E-state index contributed by atoms with van der Waals surface area (Å²) in [5, 5.41) is 2.71. The van der Waals surface area contributed by atoms with Gasteiger partial charge >= 0.3 is 0 Å². The molecule has 0 saturated heterocycles. The van der Waals surface area contributed by atoms with Gasteiger partial charge in [0.2, 0.25) is 5.91 Å². The molecule has 1 aromatic heterocycles.